The average molecular weight is 292 g/mol. The minimum Gasteiger partial charge on any atom is -0.491 e. The fraction of sp³-hybridized carbons (Fsp3) is 0.467. The highest BCUT2D eigenvalue weighted by molar-refractivity contribution is 5.76. The van der Waals surface area contributed by atoms with Crippen LogP contribution in [0.25, 0.3) is 0 Å². The van der Waals surface area contributed by atoms with E-state index in [1.54, 1.807) is 18.9 Å². The van der Waals surface area contributed by atoms with E-state index in [0.717, 1.165) is 11.3 Å². The third-order valence-electron chi connectivity index (χ3n) is 3.52. The van der Waals surface area contributed by atoms with E-state index in [1.165, 1.54) is 4.90 Å². The monoisotopic (exact) mass is 292 g/mol. The number of carboxylic acid groups (broad SMARTS) is 1. The van der Waals surface area contributed by atoms with Gasteiger partial charge in [0.25, 0.3) is 0 Å². The van der Waals surface area contributed by atoms with Gasteiger partial charge in [0.1, 0.15) is 12.4 Å². The van der Waals surface area contributed by atoms with Gasteiger partial charge in [-0.15, -0.1) is 0 Å². The van der Waals surface area contributed by atoms with Crippen LogP contribution in [0.3, 0.4) is 0 Å². The molecule has 0 saturated carbocycles. The lowest BCUT2D eigenvalue weighted by Gasteiger charge is -2.27. The van der Waals surface area contributed by atoms with Gasteiger partial charge >= 0.3 is 12.0 Å². The molecule has 1 heterocycles. The first kappa shape index (κ1) is 15.2. The predicted octanol–water partition coefficient (Wildman–Crippen LogP) is 1.65. The molecule has 1 aromatic rings. The Morgan fingerprint density at radius 1 is 1.43 bits per heavy atom. The number of carboxylic acids is 1. The average Bonchev–Trinajstić information content (AvgIpc) is 2.68. The molecule has 0 bridgehead atoms. The van der Waals surface area contributed by atoms with Crippen LogP contribution < -0.4 is 4.74 Å². The molecule has 6 nitrogen and oxygen atoms in total. The number of amides is 2. The number of hydrogen-bond donors (Lipinski definition) is 1. The van der Waals surface area contributed by atoms with Crippen LogP contribution in [-0.2, 0) is 11.3 Å². The van der Waals surface area contributed by atoms with Gasteiger partial charge < -0.3 is 19.6 Å². The van der Waals surface area contributed by atoms with E-state index >= 15 is 0 Å². The number of carbonyl (C=O) groups excluding carboxylic acids is 1. The van der Waals surface area contributed by atoms with Crippen LogP contribution in [0.4, 0.5) is 4.79 Å². The van der Waals surface area contributed by atoms with Gasteiger partial charge in [-0.1, -0.05) is 25.1 Å². The molecular weight excluding hydrogens is 272 g/mol. The van der Waals surface area contributed by atoms with Crippen molar-refractivity contribution in [2.24, 2.45) is 5.92 Å². The van der Waals surface area contributed by atoms with Crippen molar-refractivity contribution in [1.29, 1.82) is 0 Å². The van der Waals surface area contributed by atoms with Gasteiger partial charge in [-0.25, -0.2) is 4.79 Å². The summed E-state index contributed by atoms with van der Waals surface area (Å²) in [5, 5.41) is 8.93. The Bertz CT molecular complexity index is 532. The summed E-state index contributed by atoms with van der Waals surface area (Å²) in [5.41, 5.74) is 0.961. The molecular formula is C15H20N2O4. The van der Waals surface area contributed by atoms with Crippen molar-refractivity contribution in [2.45, 2.75) is 13.5 Å². The summed E-state index contributed by atoms with van der Waals surface area (Å²) < 4.78 is 5.62. The van der Waals surface area contributed by atoms with Crippen molar-refractivity contribution in [2.75, 3.05) is 26.7 Å². The molecule has 0 spiro atoms. The first-order chi connectivity index (χ1) is 9.99. The summed E-state index contributed by atoms with van der Waals surface area (Å²) >= 11 is 0. The predicted molar refractivity (Wildman–Crippen MR) is 77.2 cm³/mol. The molecule has 0 saturated heterocycles. The third kappa shape index (κ3) is 3.65. The minimum absolute atomic E-state index is 0.177. The highest BCUT2D eigenvalue weighted by Crippen LogP contribution is 2.22. The van der Waals surface area contributed by atoms with Crippen LogP contribution in [0.15, 0.2) is 24.3 Å². The summed E-state index contributed by atoms with van der Waals surface area (Å²) in [7, 11) is 1.62. The number of urea groups is 1. The largest absolute Gasteiger partial charge is 0.491 e. The van der Waals surface area contributed by atoms with Crippen LogP contribution in [-0.4, -0.2) is 53.7 Å². The summed E-state index contributed by atoms with van der Waals surface area (Å²) in [6, 6.07) is 7.45. The smallest absolute Gasteiger partial charge is 0.320 e. The third-order valence-corrected chi connectivity index (χ3v) is 3.52. The van der Waals surface area contributed by atoms with Gasteiger partial charge in [0.2, 0.25) is 0 Å². The van der Waals surface area contributed by atoms with Crippen molar-refractivity contribution in [3.8, 4) is 5.75 Å². The maximum absolute atomic E-state index is 12.4. The molecule has 1 unspecified atom stereocenters. The Labute approximate surface area is 123 Å². The minimum atomic E-state index is -0.904. The molecule has 0 fully saturated rings. The fourth-order valence-corrected chi connectivity index (χ4v) is 2.30. The van der Waals surface area contributed by atoms with Crippen molar-refractivity contribution >= 4 is 12.0 Å². The molecule has 1 aliphatic rings. The molecule has 1 aliphatic heterocycles. The Morgan fingerprint density at radius 2 is 2.14 bits per heavy atom. The highest BCUT2D eigenvalue weighted by Gasteiger charge is 2.24. The molecule has 0 aromatic heterocycles. The zero-order valence-electron chi connectivity index (χ0n) is 12.3. The zero-order valence-corrected chi connectivity index (χ0v) is 12.3. The van der Waals surface area contributed by atoms with E-state index in [4.69, 9.17) is 9.84 Å². The zero-order chi connectivity index (χ0) is 15.4. The lowest BCUT2D eigenvalue weighted by Crippen LogP contribution is -2.44. The van der Waals surface area contributed by atoms with Crippen LogP contribution in [0.2, 0.25) is 0 Å². The molecule has 0 aliphatic carbocycles. The number of para-hydroxylation sites is 1. The number of rotatable bonds is 3. The van der Waals surface area contributed by atoms with Gasteiger partial charge in [-0.3, -0.25) is 4.79 Å². The summed E-state index contributed by atoms with van der Waals surface area (Å²) in [5.74, 6) is -0.692. The lowest BCUT2D eigenvalue weighted by molar-refractivity contribution is -0.141. The van der Waals surface area contributed by atoms with Crippen molar-refractivity contribution < 1.29 is 19.4 Å². The summed E-state index contributed by atoms with van der Waals surface area (Å²) in [4.78, 5) is 26.4. The first-order valence-corrected chi connectivity index (χ1v) is 6.92. The molecule has 1 aromatic carbocycles. The Balaban J connectivity index is 2.04. The number of benzene rings is 1. The highest BCUT2D eigenvalue weighted by atomic mass is 16.5. The molecule has 1 N–H and O–H groups in total. The quantitative estimate of drug-likeness (QED) is 0.919. The summed E-state index contributed by atoms with van der Waals surface area (Å²) in [6.45, 7) is 3.17. The topological polar surface area (TPSA) is 70.1 Å². The Kier molecular flexibility index (Phi) is 4.67. The molecule has 1 atom stereocenters. The van der Waals surface area contributed by atoms with Crippen LogP contribution in [0.5, 0.6) is 5.75 Å². The number of ether oxygens (including phenoxy) is 1. The normalized spacial score (nSPS) is 15.4. The van der Waals surface area contributed by atoms with Crippen LogP contribution in [0.1, 0.15) is 12.5 Å². The Morgan fingerprint density at radius 3 is 2.86 bits per heavy atom. The van der Waals surface area contributed by atoms with E-state index < -0.39 is 11.9 Å². The summed E-state index contributed by atoms with van der Waals surface area (Å²) in [6.07, 6.45) is 0. The van der Waals surface area contributed by atoms with Crippen LogP contribution in [0, 0.1) is 5.92 Å². The van der Waals surface area contributed by atoms with E-state index in [-0.39, 0.29) is 12.6 Å². The van der Waals surface area contributed by atoms with Gasteiger partial charge in [0, 0.05) is 19.2 Å². The van der Waals surface area contributed by atoms with E-state index in [0.29, 0.717) is 19.7 Å². The second kappa shape index (κ2) is 6.47. The second-order valence-corrected chi connectivity index (χ2v) is 5.28. The van der Waals surface area contributed by atoms with Crippen molar-refractivity contribution in [3.63, 3.8) is 0 Å². The van der Waals surface area contributed by atoms with Crippen molar-refractivity contribution in [3.05, 3.63) is 29.8 Å². The van der Waals surface area contributed by atoms with E-state index in [9.17, 15) is 9.59 Å². The number of nitrogens with zero attached hydrogens (tertiary/aromatic N) is 2. The number of fused-ring (bicyclic) bond motifs is 1. The second-order valence-electron chi connectivity index (χ2n) is 5.28. The molecule has 21 heavy (non-hydrogen) atoms. The van der Waals surface area contributed by atoms with Gasteiger partial charge in [0.05, 0.1) is 19.0 Å². The maximum atomic E-state index is 12.4. The van der Waals surface area contributed by atoms with Gasteiger partial charge in [-0.05, 0) is 6.07 Å². The van der Waals surface area contributed by atoms with E-state index in [2.05, 4.69) is 0 Å². The molecule has 2 rings (SSSR count). The number of carbonyl (C=O) groups is 2. The number of hydrogen-bond acceptors (Lipinski definition) is 3. The maximum Gasteiger partial charge on any atom is 0.320 e. The fourth-order valence-electron chi connectivity index (χ4n) is 2.30. The standard InChI is InChI=1S/C15H20N2O4/c1-11(14(18)19)9-16(2)15(20)17-7-8-21-13-6-4-3-5-12(13)10-17/h3-6,11H,7-10H2,1-2H3,(H,18,19). The first-order valence-electron chi connectivity index (χ1n) is 6.92. The van der Waals surface area contributed by atoms with Crippen molar-refractivity contribution in [1.82, 2.24) is 9.80 Å². The lowest BCUT2D eigenvalue weighted by atomic mass is 10.2. The Hall–Kier alpha value is -2.24. The SMILES string of the molecule is CC(CN(C)C(=O)N1CCOc2ccccc2C1)C(=O)O. The number of aliphatic carboxylic acids is 1. The van der Waals surface area contributed by atoms with Crippen LogP contribution >= 0.6 is 0 Å². The van der Waals surface area contributed by atoms with Gasteiger partial charge in [0.15, 0.2) is 0 Å². The van der Waals surface area contributed by atoms with E-state index in [1.807, 2.05) is 24.3 Å². The van der Waals surface area contributed by atoms with Gasteiger partial charge in [-0.2, -0.15) is 0 Å². The molecule has 2 amide bonds. The molecule has 114 valence electrons. The molecule has 0 radical (unpaired) electrons. The molecule has 6 heteroatoms.